The van der Waals surface area contributed by atoms with E-state index in [1.165, 1.54) is 16.8 Å². The van der Waals surface area contributed by atoms with Crippen molar-refractivity contribution in [3.8, 4) is 0 Å². The van der Waals surface area contributed by atoms with E-state index in [2.05, 4.69) is 26.0 Å². The fourth-order valence-electron chi connectivity index (χ4n) is 3.93. The molecule has 3 atom stereocenters. The summed E-state index contributed by atoms with van der Waals surface area (Å²) in [6, 6.07) is 2.62. The van der Waals surface area contributed by atoms with Crippen LogP contribution in [-0.2, 0) is 4.74 Å². The largest absolute Gasteiger partial charge is 0.379 e. The molecule has 1 aliphatic heterocycles. The number of nitrogens with zero attached hydrogens (tertiary/aromatic N) is 4. The quantitative estimate of drug-likeness (QED) is 0.502. The lowest BCUT2D eigenvalue weighted by Gasteiger charge is -2.25. The summed E-state index contributed by atoms with van der Waals surface area (Å²) in [5.74, 6) is 0.408. The van der Waals surface area contributed by atoms with Crippen molar-refractivity contribution in [2.45, 2.75) is 37.5 Å². The predicted octanol–water partition coefficient (Wildman–Crippen LogP) is 2.52. The molecule has 174 valence electrons. The number of aromatic nitrogens is 4. The van der Waals surface area contributed by atoms with E-state index in [-0.39, 0.29) is 28.5 Å². The maximum Gasteiger partial charge on any atom is 0.274 e. The van der Waals surface area contributed by atoms with Gasteiger partial charge in [-0.1, -0.05) is 11.6 Å². The molecular formula is C21H23ClFN7O3. The average Bonchev–Trinajstić information content (AvgIpc) is 3.33. The Bertz CT molecular complexity index is 1270. The van der Waals surface area contributed by atoms with Crippen LogP contribution in [0.2, 0.25) is 5.02 Å². The first-order chi connectivity index (χ1) is 15.9. The molecule has 12 heteroatoms. The average molecular weight is 476 g/mol. The number of anilines is 3. The Kier molecular flexibility index (Phi) is 5.67. The van der Waals surface area contributed by atoms with E-state index < -0.39 is 18.1 Å². The van der Waals surface area contributed by atoms with E-state index in [9.17, 15) is 14.0 Å². The number of ether oxygens (including phenoxy) is 1. The highest BCUT2D eigenvalue weighted by atomic mass is 35.5. The molecule has 0 aromatic carbocycles. The minimum Gasteiger partial charge on any atom is -0.379 e. The first-order valence-corrected chi connectivity index (χ1v) is 11.1. The van der Waals surface area contributed by atoms with E-state index in [1.807, 2.05) is 0 Å². The maximum atomic E-state index is 13.2. The summed E-state index contributed by atoms with van der Waals surface area (Å²) in [6.07, 6.45) is 3.97. The Labute approximate surface area is 193 Å². The fourth-order valence-corrected chi connectivity index (χ4v) is 4.15. The number of carbonyl (C=O) groups excluding carboxylic acids is 1. The Morgan fingerprint density at radius 3 is 2.88 bits per heavy atom. The van der Waals surface area contributed by atoms with Gasteiger partial charge in [0.15, 0.2) is 5.65 Å². The van der Waals surface area contributed by atoms with Gasteiger partial charge >= 0.3 is 0 Å². The molecule has 33 heavy (non-hydrogen) atoms. The fraction of sp³-hybridized carbons (Fsp3) is 0.429. The van der Waals surface area contributed by atoms with Crippen LogP contribution in [-0.4, -0.2) is 57.5 Å². The zero-order chi connectivity index (χ0) is 23.1. The van der Waals surface area contributed by atoms with Gasteiger partial charge in [-0.2, -0.15) is 9.61 Å². The van der Waals surface area contributed by atoms with Gasteiger partial charge in [0.05, 0.1) is 29.9 Å². The zero-order valence-electron chi connectivity index (χ0n) is 17.8. The Morgan fingerprint density at radius 2 is 2.18 bits per heavy atom. The van der Waals surface area contributed by atoms with Gasteiger partial charge in [0.25, 0.3) is 11.5 Å². The molecule has 3 N–H and O–H groups in total. The van der Waals surface area contributed by atoms with Gasteiger partial charge in [-0.05, 0) is 18.9 Å². The molecule has 5 rings (SSSR count). The summed E-state index contributed by atoms with van der Waals surface area (Å²) < 4.78 is 21.8. The van der Waals surface area contributed by atoms with E-state index in [1.54, 1.807) is 23.9 Å². The monoisotopic (exact) mass is 475 g/mol. The third-order valence-electron chi connectivity index (χ3n) is 5.80. The molecule has 3 aromatic rings. The number of hydrogen-bond donors (Lipinski definition) is 3. The van der Waals surface area contributed by atoms with Crippen molar-refractivity contribution in [3.05, 3.63) is 45.5 Å². The van der Waals surface area contributed by atoms with Gasteiger partial charge in [-0.3, -0.25) is 9.59 Å². The molecule has 0 spiro atoms. The number of carbonyl (C=O) groups is 1. The van der Waals surface area contributed by atoms with Crippen LogP contribution in [0.25, 0.3) is 5.65 Å². The number of nitrogens with one attached hydrogen (secondary N) is 3. The third-order valence-corrected chi connectivity index (χ3v) is 6.01. The van der Waals surface area contributed by atoms with Crippen LogP contribution in [0.3, 0.4) is 0 Å². The molecule has 1 unspecified atom stereocenters. The Hall–Kier alpha value is -3.18. The molecule has 0 bridgehead atoms. The van der Waals surface area contributed by atoms with Crippen molar-refractivity contribution in [2.75, 3.05) is 30.9 Å². The molecule has 0 radical (unpaired) electrons. The van der Waals surface area contributed by atoms with Crippen LogP contribution < -0.4 is 21.5 Å². The summed E-state index contributed by atoms with van der Waals surface area (Å²) in [7, 11) is 1.70. The second-order valence-corrected chi connectivity index (χ2v) is 8.62. The van der Waals surface area contributed by atoms with E-state index in [0.717, 1.165) is 12.8 Å². The predicted molar refractivity (Wildman–Crippen MR) is 121 cm³/mol. The lowest BCUT2D eigenvalue weighted by Crippen LogP contribution is -2.31. The van der Waals surface area contributed by atoms with Crippen molar-refractivity contribution in [1.29, 1.82) is 0 Å². The van der Waals surface area contributed by atoms with E-state index in [4.69, 9.17) is 16.3 Å². The van der Waals surface area contributed by atoms with Crippen molar-refractivity contribution in [2.24, 2.45) is 0 Å². The molecule has 2 fully saturated rings. The summed E-state index contributed by atoms with van der Waals surface area (Å²) >= 11 is 6.31. The molecule has 1 aliphatic carbocycles. The van der Waals surface area contributed by atoms with Gasteiger partial charge in [-0.25, -0.2) is 9.37 Å². The summed E-state index contributed by atoms with van der Waals surface area (Å²) in [5.41, 5.74) is 0.463. The smallest absolute Gasteiger partial charge is 0.274 e. The van der Waals surface area contributed by atoms with Crippen LogP contribution in [0.15, 0.2) is 29.3 Å². The first-order valence-electron chi connectivity index (χ1n) is 10.7. The lowest BCUT2D eigenvalue weighted by molar-refractivity contribution is 0.0581. The second kappa shape index (κ2) is 8.64. The van der Waals surface area contributed by atoms with Crippen LogP contribution in [0.1, 0.15) is 35.7 Å². The van der Waals surface area contributed by atoms with E-state index in [0.29, 0.717) is 36.3 Å². The Balaban J connectivity index is 1.50. The van der Waals surface area contributed by atoms with Gasteiger partial charge in [0.1, 0.15) is 29.1 Å². The summed E-state index contributed by atoms with van der Waals surface area (Å²) in [6.45, 7) is 1.13. The van der Waals surface area contributed by atoms with Gasteiger partial charge in [0, 0.05) is 32.3 Å². The topological polar surface area (TPSA) is 115 Å². The summed E-state index contributed by atoms with van der Waals surface area (Å²) in [4.78, 5) is 30.3. The highest BCUT2D eigenvalue weighted by molar-refractivity contribution is 6.30. The van der Waals surface area contributed by atoms with Crippen molar-refractivity contribution < 1.29 is 13.9 Å². The minimum absolute atomic E-state index is 0.0966. The number of hydrogen-bond acceptors (Lipinski definition) is 7. The van der Waals surface area contributed by atoms with Gasteiger partial charge in [-0.15, -0.1) is 0 Å². The molecule has 2 aliphatic rings. The normalized spacial score (nSPS) is 22.2. The molecule has 3 aromatic heterocycles. The zero-order valence-corrected chi connectivity index (χ0v) is 18.6. The molecule has 4 heterocycles. The highest BCUT2D eigenvalue weighted by Crippen LogP contribution is 2.27. The molecular weight excluding hydrogens is 453 g/mol. The molecule has 1 amide bonds. The lowest BCUT2D eigenvalue weighted by atomic mass is 10.1. The molecule has 1 saturated carbocycles. The number of fused-ring (bicyclic) bond motifs is 1. The van der Waals surface area contributed by atoms with Crippen LogP contribution in [0.5, 0.6) is 0 Å². The van der Waals surface area contributed by atoms with Crippen molar-refractivity contribution in [1.82, 2.24) is 24.5 Å². The van der Waals surface area contributed by atoms with E-state index >= 15 is 0 Å². The van der Waals surface area contributed by atoms with Crippen molar-refractivity contribution >= 4 is 40.5 Å². The summed E-state index contributed by atoms with van der Waals surface area (Å²) in [5, 5.41) is 13.3. The third kappa shape index (κ3) is 4.25. The second-order valence-electron chi connectivity index (χ2n) is 8.18. The number of amides is 1. The number of pyridine rings is 1. The SMILES string of the molecule is CNc1cc(Nc2cc(Cl)cn(C3CCCOC3)c2=O)nc2c(C(=O)N[C@@H]3C[C@@H]3F)cnn12. The Morgan fingerprint density at radius 1 is 1.36 bits per heavy atom. The number of alkyl halides is 1. The number of rotatable bonds is 6. The standard InChI is InChI=1S/C21H23ClFN7O3/c1-24-18-7-17(28-19-13(8-25-30(18)19)20(31)27-15-6-14(15)23)26-16-5-11(22)9-29(21(16)32)12-3-2-4-33-10-12/h5,7-9,12,14-15,24H,2-4,6,10H2,1H3,(H,26,28)(H,27,31)/t12?,14-,15+/m0/s1. The highest BCUT2D eigenvalue weighted by Gasteiger charge is 2.39. The van der Waals surface area contributed by atoms with Crippen molar-refractivity contribution in [3.63, 3.8) is 0 Å². The van der Waals surface area contributed by atoms with Gasteiger partial charge < -0.3 is 25.3 Å². The maximum absolute atomic E-state index is 13.2. The van der Waals surface area contributed by atoms with Crippen LogP contribution in [0.4, 0.5) is 21.7 Å². The molecule has 10 nitrogen and oxygen atoms in total. The minimum atomic E-state index is -1.02. The number of halogens is 2. The van der Waals surface area contributed by atoms with Gasteiger partial charge in [0.2, 0.25) is 0 Å². The molecule has 1 saturated heterocycles. The first kappa shape index (κ1) is 21.7. The van der Waals surface area contributed by atoms with Crippen LogP contribution in [0, 0.1) is 0 Å². The van der Waals surface area contributed by atoms with Crippen LogP contribution >= 0.6 is 11.6 Å².